The molecule has 4 rings (SSSR count). The minimum Gasteiger partial charge on any atom is -0.367 e. The van der Waals surface area contributed by atoms with Crippen LogP contribution in [0.2, 0.25) is 0 Å². The number of benzene rings is 2. The average molecular weight is 423 g/mol. The molecule has 2 aliphatic rings. The standard InChI is InChI=1S/C24H23ClN2O3/c1-26(15-16-7-3-2-4-8-16)24(30)17-11-13-27(14-12-17)21-20(25)22(28)18-9-5-6-10-19(18)23(21)29/h2-10,17H,11-15H2,1H3. The summed E-state index contributed by atoms with van der Waals surface area (Å²) in [6, 6.07) is 16.6. The van der Waals surface area contributed by atoms with Crippen LogP contribution in [0.3, 0.4) is 0 Å². The van der Waals surface area contributed by atoms with Crippen molar-refractivity contribution in [1.82, 2.24) is 9.80 Å². The van der Waals surface area contributed by atoms with E-state index >= 15 is 0 Å². The van der Waals surface area contributed by atoms with E-state index in [0.717, 1.165) is 5.56 Å². The maximum absolute atomic E-state index is 13.0. The van der Waals surface area contributed by atoms with Crippen molar-refractivity contribution in [3.05, 3.63) is 82.0 Å². The highest BCUT2D eigenvalue weighted by Gasteiger charge is 2.36. The summed E-state index contributed by atoms with van der Waals surface area (Å²) in [5.41, 5.74) is 2.10. The minimum absolute atomic E-state index is 0.0235. The van der Waals surface area contributed by atoms with Crippen molar-refractivity contribution in [1.29, 1.82) is 0 Å². The lowest BCUT2D eigenvalue weighted by molar-refractivity contribution is -0.136. The van der Waals surface area contributed by atoms with Gasteiger partial charge in [0.2, 0.25) is 17.5 Å². The summed E-state index contributed by atoms with van der Waals surface area (Å²) in [6.07, 6.45) is 1.24. The van der Waals surface area contributed by atoms with Gasteiger partial charge in [-0.1, -0.05) is 66.2 Å². The normalized spacial score (nSPS) is 17.2. The van der Waals surface area contributed by atoms with E-state index in [-0.39, 0.29) is 34.1 Å². The Morgan fingerprint density at radius 3 is 2.17 bits per heavy atom. The molecule has 5 nitrogen and oxygen atoms in total. The minimum atomic E-state index is -0.317. The fourth-order valence-corrected chi connectivity index (χ4v) is 4.52. The fourth-order valence-electron chi connectivity index (χ4n) is 4.21. The summed E-state index contributed by atoms with van der Waals surface area (Å²) >= 11 is 6.32. The zero-order valence-corrected chi connectivity index (χ0v) is 17.6. The van der Waals surface area contributed by atoms with Crippen molar-refractivity contribution in [2.75, 3.05) is 20.1 Å². The van der Waals surface area contributed by atoms with Crippen LogP contribution in [0, 0.1) is 5.92 Å². The number of rotatable bonds is 4. The van der Waals surface area contributed by atoms with E-state index in [1.165, 1.54) is 0 Å². The van der Waals surface area contributed by atoms with Gasteiger partial charge in [0.05, 0.1) is 0 Å². The van der Waals surface area contributed by atoms with Crippen molar-refractivity contribution in [3.8, 4) is 0 Å². The quantitative estimate of drug-likeness (QED) is 0.750. The number of carbonyl (C=O) groups excluding carboxylic acids is 3. The second-order valence-corrected chi connectivity index (χ2v) is 8.19. The number of fused-ring (bicyclic) bond motifs is 1. The first kappa shape index (κ1) is 20.4. The zero-order valence-electron chi connectivity index (χ0n) is 16.8. The second kappa shape index (κ2) is 8.44. The Hall–Kier alpha value is -2.92. The number of carbonyl (C=O) groups is 3. The van der Waals surface area contributed by atoms with E-state index in [2.05, 4.69) is 0 Å². The molecule has 0 aromatic heterocycles. The number of hydrogen-bond donors (Lipinski definition) is 0. The Balaban J connectivity index is 1.43. The third-order valence-electron chi connectivity index (χ3n) is 5.84. The van der Waals surface area contributed by atoms with Crippen LogP contribution in [-0.4, -0.2) is 47.4 Å². The number of amides is 1. The highest BCUT2D eigenvalue weighted by molar-refractivity contribution is 6.49. The first-order valence-corrected chi connectivity index (χ1v) is 10.5. The van der Waals surface area contributed by atoms with Crippen LogP contribution >= 0.6 is 11.6 Å². The van der Waals surface area contributed by atoms with Crippen LogP contribution in [0.1, 0.15) is 39.1 Å². The van der Waals surface area contributed by atoms with Gasteiger partial charge in [0.1, 0.15) is 10.7 Å². The van der Waals surface area contributed by atoms with Gasteiger partial charge in [0.15, 0.2) is 0 Å². The summed E-state index contributed by atoms with van der Waals surface area (Å²) in [7, 11) is 1.82. The average Bonchev–Trinajstić information content (AvgIpc) is 2.78. The van der Waals surface area contributed by atoms with Crippen LogP contribution in [0.15, 0.2) is 65.3 Å². The van der Waals surface area contributed by atoms with Crippen LogP contribution < -0.4 is 0 Å². The number of Topliss-reactive ketones (excluding diaryl/α,β-unsaturated/α-hetero) is 2. The van der Waals surface area contributed by atoms with Gasteiger partial charge in [-0.15, -0.1) is 0 Å². The van der Waals surface area contributed by atoms with Crippen molar-refractivity contribution in [2.45, 2.75) is 19.4 Å². The molecule has 154 valence electrons. The second-order valence-electron chi connectivity index (χ2n) is 7.81. The summed E-state index contributed by atoms with van der Waals surface area (Å²) in [5, 5.41) is -0.0235. The molecule has 0 radical (unpaired) electrons. The molecule has 0 atom stereocenters. The monoisotopic (exact) mass is 422 g/mol. The zero-order chi connectivity index (χ0) is 21.3. The van der Waals surface area contributed by atoms with E-state index < -0.39 is 0 Å². The molecule has 30 heavy (non-hydrogen) atoms. The first-order chi connectivity index (χ1) is 14.5. The lowest BCUT2D eigenvalue weighted by atomic mass is 9.89. The highest BCUT2D eigenvalue weighted by atomic mass is 35.5. The van der Waals surface area contributed by atoms with Gasteiger partial charge in [-0.25, -0.2) is 0 Å². The molecule has 1 heterocycles. The summed E-state index contributed by atoms with van der Waals surface area (Å²) in [5.74, 6) is -0.533. The molecule has 0 spiro atoms. The molecule has 0 bridgehead atoms. The van der Waals surface area contributed by atoms with Crippen molar-refractivity contribution < 1.29 is 14.4 Å². The van der Waals surface area contributed by atoms with Crippen molar-refractivity contribution in [2.24, 2.45) is 5.92 Å². The van der Waals surface area contributed by atoms with Crippen LogP contribution in [-0.2, 0) is 11.3 Å². The third-order valence-corrected chi connectivity index (χ3v) is 6.19. The molecular weight excluding hydrogens is 400 g/mol. The molecule has 0 N–H and O–H groups in total. The predicted octanol–water partition coefficient (Wildman–Crippen LogP) is 3.89. The van der Waals surface area contributed by atoms with Gasteiger partial charge in [-0.05, 0) is 18.4 Å². The van der Waals surface area contributed by atoms with E-state index in [4.69, 9.17) is 11.6 Å². The number of halogens is 1. The molecule has 1 aliphatic heterocycles. The van der Waals surface area contributed by atoms with Crippen LogP contribution in [0.4, 0.5) is 0 Å². The molecule has 0 saturated carbocycles. The third kappa shape index (κ3) is 3.77. The Kier molecular flexibility index (Phi) is 5.73. The lowest BCUT2D eigenvalue weighted by Crippen LogP contribution is -2.43. The van der Waals surface area contributed by atoms with E-state index in [0.29, 0.717) is 43.6 Å². The van der Waals surface area contributed by atoms with E-state index in [1.54, 1.807) is 29.2 Å². The maximum Gasteiger partial charge on any atom is 0.225 e. The topological polar surface area (TPSA) is 57.7 Å². The Morgan fingerprint density at radius 2 is 1.53 bits per heavy atom. The van der Waals surface area contributed by atoms with Gasteiger partial charge >= 0.3 is 0 Å². The summed E-state index contributed by atoms with van der Waals surface area (Å²) < 4.78 is 0. The van der Waals surface area contributed by atoms with Gasteiger partial charge in [-0.3, -0.25) is 14.4 Å². The lowest BCUT2D eigenvalue weighted by Gasteiger charge is -2.36. The van der Waals surface area contributed by atoms with E-state index in [1.807, 2.05) is 42.3 Å². The molecule has 2 aromatic carbocycles. The molecule has 1 fully saturated rings. The van der Waals surface area contributed by atoms with Gasteiger partial charge < -0.3 is 9.80 Å². The number of ketones is 2. The first-order valence-electron chi connectivity index (χ1n) is 10.1. The van der Waals surface area contributed by atoms with Gasteiger partial charge in [-0.2, -0.15) is 0 Å². The molecule has 6 heteroatoms. The number of piperidine rings is 1. The smallest absolute Gasteiger partial charge is 0.225 e. The van der Waals surface area contributed by atoms with Crippen molar-refractivity contribution >= 4 is 29.1 Å². The predicted molar refractivity (Wildman–Crippen MR) is 115 cm³/mol. The van der Waals surface area contributed by atoms with Crippen LogP contribution in [0.5, 0.6) is 0 Å². The van der Waals surface area contributed by atoms with Gasteiger partial charge in [0, 0.05) is 43.7 Å². The number of allylic oxidation sites excluding steroid dienone is 2. The van der Waals surface area contributed by atoms with E-state index in [9.17, 15) is 14.4 Å². The van der Waals surface area contributed by atoms with Gasteiger partial charge in [0.25, 0.3) is 0 Å². The summed E-state index contributed by atoms with van der Waals surface area (Å²) in [4.78, 5) is 42.1. The molecular formula is C24H23ClN2O3. The number of nitrogens with zero attached hydrogens (tertiary/aromatic N) is 2. The summed E-state index contributed by atoms with van der Waals surface area (Å²) in [6.45, 7) is 1.60. The SMILES string of the molecule is CN(Cc1ccccc1)C(=O)C1CCN(C2=C(Cl)C(=O)c3ccccc3C2=O)CC1. The number of hydrogen-bond acceptors (Lipinski definition) is 4. The van der Waals surface area contributed by atoms with Crippen molar-refractivity contribution in [3.63, 3.8) is 0 Å². The Labute approximate surface area is 180 Å². The molecule has 1 amide bonds. The maximum atomic E-state index is 13.0. The Morgan fingerprint density at radius 1 is 0.967 bits per heavy atom. The molecule has 0 unspecified atom stereocenters. The molecule has 1 aliphatic carbocycles. The highest BCUT2D eigenvalue weighted by Crippen LogP contribution is 2.33. The number of likely N-dealkylation sites (tertiary alicyclic amines) is 1. The van der Waals surface area contributed by atoms with Crippen LogP contribution in [0.25, 0.3) is 0 Å². The largest absolute Gasteiger partial charge is 0.367 e. The molecule has 2 aromatic rings. The fraction of sp³-hybridized carbons (Fsp3) is 0.292. The Bertz CT molecular complexity index is 1020. The molecule has 1 saturated heterocycles.